The summed E-state index contributed by atoms with van der Waals surface area (Å²) < 4.78 is 5.28. The Morgan fingerprint density at radius 3 is 2.05 bits per heavy atom. The number of carbonyl (C=O) groups is 2. The van der Waals surface area contributed by atoms with Crippen molar-refractivity contribution in [3.05, 3.63) is 0 Å². The average molecular weight is 286 g/mol. The number of ether oxygens (including phenoxy) is 1. The van der Waals surface area contributed by atoms with Crippen LogP contribution in [0.15, 0.2) is 0 Å². The number of likely N-dealkylation sites (tertiary alicyclic amines) is 1. The smallest absolute Gasteiger partial charge is 0.410 e. The van der Waals surface area contributed by atoms with Crippen LogP contribution >= 0.6 is 0 Å². The first-order valence-electron chi connectivity index (χ1n) is 6.81. The third-order valence-corrected chi connectivity index (χ3v) is 2.77. The van der Waals surface area contributed by atoms with Gasteiger partial charge in [0, 0.05) is 18.6 Å². The maximum absolute atomic E-state index is 11.9. The molecule has 2 N–H and O–H groups in total. The maximum Gasteiger partial charge on any atom is 0.410 e. The second-order valence-corrected chi connectivity index (χ2v) is 7.56. The minimum Gasteiger partial charge on any atom is -0.481 e. The first-order chi connectivity index (χ1) is 8.82. The van der Waals surface area contributed by atoms with E-state index in [4.69, 9.17) is 9.84 Å². The number of aliphatic carboxylic acids is 1. The lowest BCUT2D eigenvalue weighted by Gasteiger charge is -2.52. The van der Waals surface area contributed by atoms with Crippen molar-refractivity contribution in [2.45, 2.75) is 64.6 Å². The van der Waals surface area contributed by atoms with Crippen LogP contribution in [0.25, 0.3) is 0 Å². The molecule has 1 aliphatic rings. The van der Waals surface area contributed by atoms with Gasteiger partial charge in [0.1, 0.15) is 5.60 Å². The minimum absolute atomic E-state index is 0.0103. The largest absolute Gasteiger partial charge is 0.481 e. The van der Waals surface area contributed by atoms with Gasteiger partial charge in [-0.1, -0.05) is 0 Å². The first kappa shape index (κ1) is 16.8. The van der Waals surface area contributed by atoms with Crippen LogP contribution in [-0.2, 0) is 9.53 Å². The summed E-state index contributed by atoms with van der Waals surface area (Å²) in [5, 5.41) is 12.4. The van der Waals surface area contributed by atoms with Crippen LogP contribution in [0.5, 0.6) is 0 Å². The molecule has 0 aromatic carbocycles. The number of nitrogens with zero attached hydrogens (tertiary/aromatic N) is 1. The SMILES string of the molecule is CC(C)(C)NC1(CC(=O)O)CN(C(=O)OC(C)(C)C)C1. The normalized spacial score (nSPS) is 18.4. The van der Waals surface area contributed by atoms with E-state index in [2.05, 4.69) is 5.32 Å². The predicted octanol–water partition coefficient (Wildman–Crippen LogP) is 1.84. The van der Waals surface area contributed by atoms with Crippen molar-refractivity contribution in [1.29, 1.82) is 0 Å². The van der Waals surface area contributed by atoms with Crippen molar-refractivity contribution in [2.24, 2.45) is 0 Å². The number of amides is 1. The summed E-state index contributed by atoms with van der Waals surface area (Å²) in [5.41, 5.74) is -1.32. The van der Waals surface area contributed by atoms with E-state index in [9.17, 15) is 9.59 Å². The van der Waals surface area contributed by atoms with Crippen molar-refractivity contribution < 1.29 is 19.4 Å². The fourth-order valence-corrected chi connectivity index (χ4v) is 2.46. The molecule has 0 spiro atoms. The van der Waals surface area contributed by atoms with Gasteiger partial charge in [-0.2, -0.15) is 0 Å². The lowest BCUT2D eigenvalue weighted by molar-refractivity contribution is -0.141. The number of nitrogens with one attached hydrogen (secondary N) is 1. The van der Waals surface area contributed by atoms with Crippen LogP contribution in [0.1, 0.15) is 48.0 Å². The van der Waals surface area contributed by atoms with Gasteiger partial charge in [0.2, 0.25) is 0 Å². The van der Waals surface area contributed by atoms with Gasteiger partial charge in [-0.25, -0.2) is 4.79 Å². The Balaban J connectivity index is 2.66. The molecule has 0 radical (unpaired) electrons. The van der Waals surface area contributed by atoms with Gasteiger partial charge in [-0.3, -0.25) is 4.79 Å². The van der Waals surface area contributed by atoms with E-state index in [1.807, 2.05) is 41.5 Å². The Morgan fingerprint density at radius 1 is 1.20 bits per heavy atom. The molecule has 1 heterocycles. The molecule has 116 valence electrons. The number of rotatable bonds is 3. The van der Waals surface area contributed by atoms with Crippen LogP contribution in [-0.4, -0.2) is 51.8 Å². The lowest BCUT2D eigenvalue weighted by atomic mass is 9.84. The summed E-state index contributed by atoms with van der Waals surface area (Å²) in [6.45, 7) is 12.1. The van der Waals surface area contributed by atoms with Gasteiger partial charge >= 0.3 is 12.1 Å². The molecule has 0 bridgehead atoms. The molecule has 6 nitrogen and oxygen atoms in total. The molecular weight excluding hydrogens is 260 g/mol. The van der Waals surface area contributed by atoms with Gasteiger partial charge in [0.15, 0.2) is 0 Å². The fourth-order valence-electron chi connectivity index (χ4n) is 2.46. The van der Waals surface area contributed by atoms with Crippen molar-refractivity contribution in [3.8, 4) is 0 Å². The van der Waals surface area contributed by atoms with Gasteiger partial charge in [0.05, 0.1) is 12.0 Å². The van der Waals surface area contributed by atoms with Crippen molar-refractivity contribution >= 4 is 12.1 Å². The highest BCUT2D eigenvalue weighted by molar-refractivity contribution is 5.73. The Morgan fingerprint density at radius 2 is 1.70 bits per heavy atom. The number of hydrogen-bond donors (Lipinski definition) is 2. The molecule has 0 atom stereocenters. The van der Waals surface area contributed by atoms with E-state index in [1.165, 1.54) is 4.90 Å². The van der Waals surface area contributed by atoms with E-state index >= 15 is 0 Å². The topological polar surface area (TPSA) is 78.9 Å². The molecule has 0 saturated carbocycles. The fraction of sp³-hybridized carbons (Fsp3) is 0.857. The zero-order valence-electron chi connectivity index (χ0n) is 13.2. The highest BCUT2D eigenvalue weighted by atomic mass is 16.6. The first-order valence-corrected chi connectivity index (χ1v) is 6.81. The number of carbonyl (C=O) groups excluding carboxylic acids is 1. The molecule has 1 saturated heterocycles. The summed E-state index contributed by atoms with van der Waals surface area (Å²) in [5.74, 6) is -0.870. The summed E-state index contributed by atoms with van der Waals surface area (Å²) in [6.07, 6.45) is -0.405. The molecule has 0 unspecified atom stereocenters. The zero-order chi connectivity index (χ0) is 15.8. The quantitative estimate of drug-likeness (QED) is 0.827. The van der Waals surface area contributed by atoms with E-state index in [-0.39, 0.29) is 12.0 Å². The zero-order valence-corrected chi connectivity index (χ0v) is 13.2. The highest BCUT2D eigenvalue weighted by Crippen LogP contribution is 2.29. The molecule has 1 rings (SSSR count). The van der Waals surface area contributed by atoms with Crippen molar-refractivity contribution in [1.82, 2.24) is 10.2 Å². The molecular formula is C14H26N2O4. The minimum atomic E-state index is -0.870. The van der Waals surface area contributed by atoms with Crippen molar-refractivity contribution in [3.63, 3.8) is 0 Å². The Labute approximate surface area is 120 Å². The second-order valence-electron chi connectivity index (χ2n) is 7.56. The highest BCUT2D eigenvalue weighted by Gasteiger charge is 2.49. The van der Waals surface area contributed by atoms with Gasteiger partial charge < -0.3 is 20.1 Å². The summed E-state index contributed by atoms with van der Waals surface area (Å²) >= 11 is 0. The number of hydrogen-bond acceptors (Lipinski definition) is 4. The van der Waals surface area contributed by atoms with Gasteiger partial charge in [-0.05, 0) is 41.5 Å². The van der Waals surface area contributed by atoms with Crippen LogP contribution < -0.4 is 5.32 Å². The predicted molar refractivity (Wildman–Crippen MR) is 75.7 cm³/mol. The molecule has 20 heavy (non-hydrogen) atoms. The average Bonchev–Trinajstić information content (AvgIpc) is 2.06. The summed E-state index contributed by atoms with van der Waals surface area (Å²) in [7, 11) is 0. The van der Waals surface area contributed by atoms with Gasteiger partial charge in [-0.15, -0.1) is 0 Å². The van der Waals surface area contributed by atoms with E-state index in [0.717, 1.165) is 0 Å². The van der Waals surface area contributed by atoms with Gasteiger partial charge in [0.25, 0.3) is 0 Å². The summed E-state index contributed by atoms with van der Waals surface area (Å²) in [6, 6.07) is 0. The monoisotopic (exact) mass is 286 g/mol. The molecule has 0 aromatic rings. The van der Waals surface area contributed by atoms with Crippen LogP contribution in [0.4, 0.5) is 4.79 Å². The Bertz CT molecular complexity index is 387. The standard InChI is InChI=1S/C14H26N2O4/c1-12(2,3)15-14(7-10(17)18)8-16(9-14)11(19)20-13(4,5)6/h15H,7-9H2,1-6H3,(H,17,18). The molecule has 1 fully saturated rings. The number of carboxylic acids is 1. The third-order valence-electron chi connectivity index (χ3n) is 2.77. The molecule has 1 aliphatic heterocycles. The molecule has 0 aliphatic carbocycles. The van der Waals surface area contributed by atoms with E-state index < -0.39 is 23.2 Å². The van der Waals surface area contributed by atoms with Crippen LogP contribution in [0.3, 0.4) is 0 Å². The lowest BCUT2D eigenvalue weighted by Crippen LogP contribution is -2.74. The Kier molecular flexibility index (Phi) is 4.39. The number of carboxylic acid groups (broad SMARTS) is 1. The molecule has 1 amide bonds. The van der Waals surface area contributed by atoms with Crippen LogP contribution in [0, 0.1) is 0 Å². The molecule has 0 aromatic heterocycles. The van der Waals surface area contributed by atoms with Crippen LogP contribution in [0.2, 0.25) is 0 Å². The maximum atomic E-state index is 11.9. The molecule has 6 heteroatoms. The summed E-state index contributed by atoms with van der Waals surface area (Å²) in [4.78, 5) is 24.5. The second kappa shape index (κ2) is 5.24. The third kappa shape index (κ3) is 5.00. The van der Waals surface area contributed by atoms with E-state index in [0.29, 0.717) is 13.1 Å². The van der Waals surface area contributed by atoms with E-state index in [1.54, 1.807) is 0 Å². The Hall–Kier alpha value is -1.30. The van der Waals surface area contributed by atoms with Crippen molar-refractivity contribution in [2.75, 3.05) is 13.1 Å².